The van der Waals surface area contributed by atoms with Gasteiger partial charge in [0.05, 0.1) is 0 Å². The first-order valence-corrected chi connectivity index (χ1v) is 6.10. The first kappa shape index (κ1) is 27.5. The zero-order chi connectivity index (χ0) is 14.8. The molecule has 8 N–H and O–H groups in total. The Balaban J connectivity index is -0.000000308. The van der Waals surface area contributed by atoms with Crippen LogP contribution in [0.1, 0.15) is 0 Å². The Bertz CT molecular complexity index is 289. The molecule has 0 aromatic heterocycles. The van der Waals surface area contributed by atoms with Crippen LogP contribution >= 0.6 is 24.8 Å². The number of hydrogen-bond acceptors (Lipinski definition) is 2. The molecule has 0 aliphatic heterocycles. The SMILES string of the molecule is Cl.Cl.NC(N)=NC[C]1[CH][CH][CH][CH]1.NC(N)=NC[C]1[CH][CH][CH][CH]1.[Fe+2]. The monoisotopic (exact) mass is 400 g/mol. The molecule has 2 fully saturated rings. The van der Waals surface area contributed by atoms with Gasteiger partial charge in [0.2, 0.25) is 0 Å². The van der Waals surface area contributed by atoms with Crippen molar-refractivity contribution in [3.05, 3.63) is 63.2 Å². The van der Waals surface area contributed by atoms with Gasteiger partial charge in [0.15, 0.2) is 11.9 Å². The minimum Gasteiger partial charge on any atom is -0.370 e. The molecule has 0 spiro atoms. The molecule has 0 heterocycles. The van der Waals surface area contributed by atoms with Gasteiger partial charge in [-0.15, -0.1) is 24.8 Å². The molecule has 2 aliphatic rings. The summed E-state index contributed by atoms with van der Waals surface area (Å²) in [5.41, 5.74) is 20.5. The van der Waals surface area contributed by atoms with Crippen LogP contribution in [0.2, 0.25) is 0 Å². The van der Waals surface area contributed by atoms with E-state index in [9.17, 15) is 0 Å². The van der Waals surface area contributed by atoms with Crippen molar-refractivity contribution >= 4 is 36.7 Å². The molecule has 128 valence electrons. The first-order chi connectivity index (χ1) is 9.58. The third-order valence-corrected chi connectivity index (χ3v) is 2.35. The molecule has 0 aromatic carbocycles. The molecule has 10 radical (unpaired) electrons. The van der Waals surface area contributed by atoms with Crippen LogP contribution in [0.3, 0.4) is 0 Å². The van der Waals surface area contributed by atoms with E-state index in [0.29, 0.717) is 13.1 Å². The molecule has 0 aromatic rings. The summed E-state index contributed by atoms with van der Waals surface area (Å²) in [5.74, 6) is 2.55. The molecule has 2 aliphatic carbocycles. The quantitative estimate of drug-likeness (QED) is 0.304. The molecule has 0 atom stereocenters. The van der Waals surface area contributed by atoms with Crippen molar-refractivity contribution in [2.45, 2.75) is 0 Å². The fourth-order valence-electron chi connectivity index (χ4n) is 1.40. The number of halogens is 2. The Kier molecular flexibility index (Phi) is 19.7. The fourth-order valence-corrected chi connectivity index (χ4v) is 1.40. The van der Waals surface area contributed by atoms with E-state index in [-0.39, 0.29) is 53.8 Å². The summed E-state index contributed by atoms with van der Waals surface area (Å²) in [6.45, 7) is 1.16. The summed E-state index contributed by atoms with van der Waals surface area (Å²) in [4.78, 5) is 7.68. The van der Waals surface area contributed by atoms with Crippen LogP contribution in [0, 0.1) is 63.2 Å². The molecular formula is C14H22Cl2FeN6+2. The Morgan fingerprint density at radius 3 is 1.13 bits per heavy atom. The van der Waals surface area contributed by atoms with Crippen molar-refractivity contribution in [3.63, 3.8) is 0 Å². The Hall–Kier alpha value is -0.361. The zero-order valence-corrected chi connectivity index (χ0v) is 15.1. The molecule has 9 heteroatoms. The van der Waals surface area contributed by atoms with Gasteiger partial charge in [-0.1, -0.05) is 0 Å². The van der Waals surface area contributed by atoms with Gasteiger partial charge >= 0.3 is 17.1 Å². The maximum absolute atomic E-state index is 5.14. The van der Waals surface area contributed by atoms with Gasteiger partial charge in [0.1, 0.15) is 0 Å². The van der Waals surface area contributed by atoms with Gasteiger partial charge in [-0.2, -0.15) is 0 Å². The van der Waals surface area contributed by atoms with Gasteiger partial charge in [0, 0.05) is 24.9 Å². The molecule has 0 amide bonds. The smallest absolute Gasteiger partial charge is 0.370 e. The molecule has 0 saturated heterocycles. The second-order valence-electron chi connectivity index (χ2n) is 4.07. The van der Waals surface area contributed by atoms with Crippen molar-refractivity contribution in [2.75, 3.05) is 13.1 Å². The summed E-state index contributed by atoms with van der Waals surface area (Å²) in [6, 6.07) is 0. The van der Waals surface area contributed by atoms with E-state index >= 15 is 0 Å². The van der Waals surface area contributed by atoms with E-state index in [1.165, 1.54) is 0 Å². The van der Waals surface area contributed by atoms with Crippen LogP contribution in [0.4, 0.5) is 0 Å². The number of nitrogens with two attached hydrogens (primary N) is 4. The average Bonchev–Trinajstić information content (AvgIpc) is 3.08. The van der Waals surface area contributed by atoms with Gasteiger partial charge in [-0.05, 0) is 51.4 Å². The van der Waals surface area contributed by atoms with Crippen LogP contribution in [-0.4, -0.2) is 25.0 Å². The number of guanidine groups is 2. The summed E-state index contributed by atoms with van der Waals surface area (Å²) >= 11 is 0. The zero-order valence-electron chi connectivity index (χ0n) is 12.4. The predicted molar refractivity (Wildman–Crippen MR) is 96.7 cm³/mol. The fraction of sp³-hybridized carbons (Fsp3) is 0.143. The second-order valence-corrected chi connectivity index (χ2v) is 4.07. The second kappa shape index (κ2) is 16.5. The van der Waals surface area contributed by atoms with E-state index in [0.717, 1.165) is 11.8 Å². The van der Waals surface area contributed by atoms with Crippen molar-refractivity contribution in [1.82, 2.24) is 0 Å². The molecule has 0 bridgehead atoms. The van der Waals surface area contributed by atoms with Crippen molar-refractivity contribution in [2.24, 2.45) is 32.9 Å². The standard InChI is InChI=1S/2C7H10N3.2ClH.Fe/c2*8-7(9)10-5-6-3-1-2-4-6;;;/h2*1-4H,5H2,(H4,8,9,10);2*1H;/q;;;;+2. The number of nitrogens with zero attached hydrogens (tertiary/aromatic N) is 2. The molecule has 0 unspecified atom stereocenters. The Morgan fingerprint density at radius 2 is 0.913 bits per heavy atom. The van der Waals surface area contributed by atoms with E-state index in [2.05, 4.69) is 9.98 Å². The van der Waals surface area contributed by atoms with Gasteiger partial charge in [0.25, 0.3) is 0 Å². The molecular weight excluding hydrogens is 379 g/mol. The summed E-state index contributed by atoms with van der Waals surface area (Å²) in [7, 11) is 0. The maximum Gasteiger partial charge on any atom is 2.00 e. The largest absolute Gasteiger partial charge is 2.00 e. The summed E-state index contributed by atoms with van der Waals surface area (Å²) < 4.78 is 0. The third kappa shape index (κ3) is 14.9. The number of rotatable bonds is 4. The number of hydrogen-bond donors (Lipinski definition) is 4. The molecule has 2 saturated carbocycles. The normalized spacial score (nSPS) is 16.7. The average molecular weight is 401 g/mol. The third-order valence-electron chi connectivity index (χ3n) is 2.35. The van der Waals surface area contributed by atoms with Crippen LogP contribution in [0.25, 0.3) is 0 Å². The minimum absolute atomic E-state index is 0. The molecule has 2 rings (SSSR count). The molecule has 23 heavy (non-hydrogen) atoms. The predicted octanol–water partition coefficient (Wildman–Crippen LogP) is 0.171. The van der Waals surface area contributed by atoms with Crippen LogP contribution in [0.15, 0.2) is 9.98 Å². The first-order valence-electron chi connectivity index (χ1n) is 6.10. The van der Waals surface area contributed by atoms with Crippen molar-refractivity contribution < 1.29 is 17.1 Å². The summed E-state index contributed by atoms with van der Waals surface area (Å²) in [5, 5.41) is 0. The van der Waals surface area contributed by atoms with E-state index in [1.54, 1.807) is 0 Å². The Morgan fingerprint density at radius 1 is 0.652 bits per heavy atom. The van der Waals surface area contributed by atoms with E-state index in [4.69, 9.17) is 22.9 Å². The van der Waals surface area contributed by atoms with Crippen LogP contribution < -0.4 is 22.9 Å². The number of aliphatic imine (C=N–C) groups is 2. The minimum atomic E-state index is 0. The van der Waals surface area contributed by atoms with Crippen LogP contribution in [-0.2, 0) is 17.1 Å². The van der Waals surface area contributed by atoms with E-state index < -0.39 is 0 Å². The van der Waals surface area contributed by atoms with Gasteiger partial charge in [-0.25, -0.2) is 0 Å². The summed E-state index contributed by atoms with van der Waals surface area (Å²) in [6.07, 6.45) is 15.7. The van der Waals surface area contributed by atoms with Gasteiger partial charge in [-0.3, -0.25) is 9.98 Å². The Labute approximate surface area is 163 Å². The topological polar surface area (TPSA) is 129 Å². The van der Waals surface area contributed by atoms with Crippen LogP contribution in [0.5, 0.6) is 0 Å². The van der Waals surface area contributed by atoms with Crippen molar-refractivity contribution in [3.8, 4) is 0 Å². The maximum atomic E-state index is 5.14. The van der Waals surface area contributed by atoms with Crippen molar-refractivity contribution in [1.29, 1.82) is 0 Å². The molecule has 6 nitrogen and oxygen atoms in total. The van der Waals surface area contributed by atoms with E-state index in [1.807, 2.05) is 51.4 Å². The van der Waals surface area contributed by atoms with Gasteiger partial charge < -0.3 is 22.9 Å².